The number of nitrogens with two attached hydrogens (primary N) is 1. The SMILES string of the molecule is NC(=O)c1cccc(COc2ccccc2/C=C2\CC(=O)N(c3cccc(Cl)c3)C2=O)n1. The lowest BCUT2D eigenvalue weighted by Crippen LogP contribution is -2.28. The summed E-state index contributed by atoms with van der Waals surface area (Å²) >= 11 is 6.01. The van der Waals surface area contributed by atoms with Crippen molar-refractivity contribution in [1.29, 1.82) is 0 Å². The maximum Gasteiger partial charge on any atom is 0.267 e. The number of primary amides is 1. The van der Waals surface area contributed by atoms with E-state index in [0.717, 1.165) is 4.90 Å². The van der Waals surface area contributed by atoms with Gasteiger partial charge >= 0.3 is 0 Å². The van der Waals surface area contributed by atoms with Crippen molar-refractivity contribution >= 4 is 41.1 Å². The number of benzene rings is 2. The molecule has 1 aliphatic rings. The minimum absolute atomic E-state index is 0.0259. The van der Waals surface area contributed by atoms with Crippen LogP contribution < -0.4 is 15.4 Å². The number of halogens is 1. The first-order valence-corrected chi connectivity index (χ1v) is 10.1. The molecule has 0 spiro atoms. The first-order valence-electron chi connectivity index (χ1n) is 9.73. The van der Waals surface area contributed by atoms with Crippen LogP contribution in [0, 0.1) is 0 Å². The van der Waals surface area contributed by atoms with Crippen LogP contribution in [0.2, 0.25) is 5.02 Å². The summed E-state index contributed by atoms with van der Waals surface area (Å²) in [6, 6.07) is 18.7. The van der Waals surface area contributed by atoms with E-state index in [4.69, 9.17) is 22.1 Å². The molecular formula is C24H18ClN3O4. The Morgan fingerprint density at radius 1 is 1.09 bits per heavy atom. The molecule has 1 aromatic heterocycles. The van der Waals surface area contributed by atoms with Gasteiger partial charge in [0.25, 0.3) is 11.8 Å². The van der Waals surface area contributed by atoms with Crippen LogP contribution in [0.3, 0.4) is 0 Å². The third-order valence-corrected chi connectivity index (χ3v) is 5.05. The lowest BCUT2D eigenvalue weighted by Gasteiger charge is -2.13. The highest BCUT2D eigenvalue weighted by molar-refractivity contribution is 6.32. The van der Waals surface area contributed by atoms with Crippen molar-refractivity contribution in [2.45, 2.75) is 13.0 Å². The fraction of sp³-hybridized carbons (Fsp3) is 0.0833. The van der Waals surface area contributed by atoms with Gasteiger partial charge in [0, 0.05) is 16.2 Å². The molecule has 32 heavy (non-hydrogen) atoms. The quantitative estimate of drug-likeness (QED) is 0.457. The largest absolute Gasteiger partial charge is 0.487 e. The number of carbonyl (C=O) groups excluding carboxylic acids is 3. The van der Waals surface area contributed by atoms with Gasteiger partial charge < -0.3 is 10.5 Å². The van der Waals surface area contributed by atoms with Crippen LogP contribution in [0.25, 0.3) is 6.08 Å². The van der Waals surface area contributed by atoms with Crippen molar-refractivity contribution in [3.8, 4) is 5.75 Å². The lowest BCUT2D eigenvalue weighted by molar-refractivity contribution is -0.120. The topological polar surface area (TPSA) is 103 Å². The van der Waals surface area contributed by atoms with E-state index >= 15 is 0 Å². The number of nitrogens with zero attached hydrogens (tertiary/aromatic N) is 2. The average Bonchev–Trinajstić information content (AvgIpc) is 3.06. The minimum Gasteiger partial charge on any atom is -0.487 e. The Balaban J connectivity index is 1.56. The van der Waals surface area contributed by atoms with Gasteiger partial charge in [0.1, 0.15) is 18.1 Å². The van der Waals surface area contributed by atoms with E-state index in [0.29, 0.717) is 33.3 Å². The molecule has 0 saturated carbocycles. The first kappa shape index (κ1) is 21.3. The van der Waals surface area contributed by atoms with Gasteiger partial charge in [-0.2, -0.15) is 0 Å². The summed E-state index contributed by atoms with van der Waals surface area (Å²) in [5.74, 6) is -0.837. The molecule has 1 aliphatic heterocycles. The Morgan fingerprint density at radius 3 is 2.66 bits per heavy atom. The van der Waals surface area contributed by atoms with Crippen molar-refractivity contribution in [2.75, 3.05) is 4.90 Å². The number of anilines is 1. The second-order valence-corrected chi connectivity index (χ2v) is 7.50. The molecule has 2 aromatic carbocycles. The minimum atomic E-state index is -0.620. The normalized spacial score (nSPS) is 14.8. The molecule has 0 radical (unpaired) electrons. The average molecular weight is 448 g/mol. The van der Waals surface area contributed by atoms with Gasteiger partial charge in [-0.25, -0.2) is 9.88 Å². The number of amides is 3. The van der Waals surface area contributed by atoms with Crippen molar-refractivity contribution in [3.05, 3.63) is 94.3 Å². The molecule has 3 aromatic rings. The van der Waals surface area contributed by atoms with E-state index in [1.54, 1.807) is 66.7 Å². The number of carbonyl (C=O) groups is 3. The zero-order valence-electron chi connectivity index (χ0n) is 16.8. The maximum absolute atomic E-state index is 12.9. The second-order valence-electron chi connectivity index (χ2n) is 7.07. The number of ether oxygens (including phenoxy) is 1. The summed E-state index contributed by atoms with van der Waals surface area (Å²) in [6.45, 7) is 0.100. The van der Waals surface area contributed by atoms with E-state index in [1.807, 2.05) is 0 Å². The van der Waals surface area contributed by atoms with Gasteiger partial charge in [-0.05, 0) is 42.5 Å². The molecule has 8 heteroatoms. The third kappa shape index (κ3) is 4.53. The Labute approximate surface area is 189 Å². The zero-order chi connectivity index (χ0) is 22.7. The monoisotopic (exact) mass is 447 g/mol. The smallest absolute Gasteiger partial charge is 0.267 e. The van der Waals surface area contributed by atoms with Crippen LogP contribution in [0.15, 0.2) is 72.3 Å². The Bertz CT molecular complexity index is 1260. The predicted octanol–water partition coefficient (Wildman–Crippen LogP) is 3.76. The molecule has 2 heterocycles. The molecule has 0 atom stereocenters. The van der Waals surface area contributed by atoms with Gasteiger partial charge in [-0.15, -0.1) is 0 Å². The summed E-state index contributed by atoms with van der Waals surface area (Å²) in [5.41, 5.74) is 7.37. The highest BCUT2D eigenvalue weighted by Crippen LogP contribution is 2.31. The van der Waals surface area contributed by atoms with Gasteiger partial charge in [0.05, 0.1) is 17.8 Å². The number of pyridine rings is 1. The van der Waals surface area contributed by atoms with Crippen LogP contribution in [-0.2, 0) is 16.2 Å². The molecule has 2 N–H and O–H groups in total. The van der Waals surface area contributed by atoms with E-state index in [-0.39, 0.29) is 24.6 Å². The van der Waals surface area contributed by atoms with Crippen molar-refractivity contribution in [2.24, 2.45) is 5.73 Å². The molecule has 160 valence electrons. The highest BCUT2D eigenvalue weighted by Gasteiger charge is 2.35. The molecule has 4 rings (SSSR count). The Morgan fingerprint density at radius 2 is 1.88 bits per heavy atom. The first-order chi connectivity index (χ1) is 15.4. The molecule has 1 saturated heterocycles. The number of aromatic nitrogens is 1. The van der Waals surface area contributed by atoms with Gasteiger partial charge in [0.2, 0.25) is 5.91 Å². The number of hydrogen-bond acceptors (Lipinski definition) is 5. The number of imide groups is 1. The van der Waals surface area contributed by atoms with Crippen LogP contribution in [-0.4, -0.2) is 22.7 Å². The van der Waals surface area contributed by atoms with Gasteiger partial charge in [-0.1, -0.05) is 41.9 Å². The Hall–Kier alpha value is -3.97. The number of para-hydroxylation sites is 1. The van der Waals surface area contributed by atoms with Crippen molar-refractivity contribution in [1.82, 2.24) is 4.98 Å². The predicted molar refractivity (Wildman–Crippen MR) is 120 cm³/mol. The van der Waals surface area contributed by atoms with Crippen LogP contribution in [0.1, 0.15) is 28.2 Å². The van der Waals surface area contributed by atoms with E-state index in [9.17, 15) is 14.4 Å². The second kappa shape index (κ2) is 9.03. The van der Waals surface area contributed by atoms with Gasteiger partial charge in [-0.3, -0.25) is 14.4 Å². The Kier molecular flexibility index (Phi) is 6.00. The molecule has 0 bridgehead atoms. The summed E-state index contributed by atoms with van der Waals surface area (Å²) in [7, 11) is 0. The zero-order valence-corrected chi connectivity index (χ0v) is 17.6. The van der Waals surface area contributed by atoms with Crippen molar-refractivity contribution < 1.29 is 19.1 Å². The van der Waals surface area contributed by atoms with Crippen molar-refractivity contribution in [3.63, 3.8) is 0 Å². The molecule has 0 unspecified atom stereocenters. The molecule has 7 nitrogen and oxygen atoms in total. The molecule has 0 aliphatic carbocycles. The fourth-order valence-electron chi connectivity index (χ4n) is 3.33. The standard InChI is InChI=1S/C24H18ClN3O4/c25-17-6-3-8-19(13-17)28-22(29)12-16(24(28)31)11-15-5-1-2-10-21(15)32-14-18-7-4-9-20(27-18)23(26)30/h1-11,13H,12,14H2,(H2,26,30)/b16-11+. The van der Waals surface area contributed by atoms with E-state index < -0.39 is 11.8 Å². The van der Waals surface area contributed by atoms with Crippen LogP contribution in [0.4, 0.5) is 5.69 Å². The molecule has 1 fully saturated rings. The molecule has 3 amide bonds. The summed E-state index contributed by atoms with van der Waals surface area (Å²) < 4.78 is 5.87. The summed E-state index contributed by atoms with van der Waals surface area (Å²) in [5, 5.41) is 0.438. The summed E-state index contributed by atoms with van der Waals surface area (Å²) in [6.07, 6.45) is 1.62. The number of hydrogen-bond donors (Lipinski definition) is 1. The molecular weight excluding hydrogens is 430 g/mol. The fourth-order valence-corrected chi connectivity index (χ4v) is 3.52. The van der Waals surface area contributed by atoms with E-state index in [2.05, 4.69) is 4.98 Å². The van der Waals surface area contributed by atoms with Gasteiger partial charge in [0.15, 0.2) is 0 Å². The summed E-state index contributed by atoms with van der Waals surface area (Å²) in [4.78, 5) is 42.1. The lowest BCUT2D eigenvalue weighted by atomic mass is 10.1. The number of rotatable bonds is 6. The maximum atomic E-state index is 12.9. The highest BCUT2D eigenvalue weighted by atomic mass is 35.5. The third-order valence-electron chi connectivity index (χ3n) is 4.82. The van der Waals surface area contributed by atoms with E-state index in [1.165, 1.54) is 6.07 Å². The van der Waals surface area contributed by atoms with Crippen LogP contribution >= 0.6 is 11.6 Å². The van der Waals surface area contributed by atoms with Crippen LogP contribution in [0.5, 0.6) is 5.75 Å².